The van der Waals surface area contributed by atoms with Gasteiger partial charge in [0.15, 0.2) is 0 Å². The molecule has 180 valence electrons. The largest absolute Gasteiger partial charge is 0.309 e. The first-order valence-electron chi connectivity index (χ1n) is 11.5. The van der Waals surface area contributed by atoms with Crippen molar-refractivity contribution in [2.24, 2.45) is 7.05 Å². The molecule has 2 N–H and O–H groups in total. The molecule has 0 spiro atoms. The van der Waals surface area contributed by atoms with Crippen molar-refractivity contribution >= 4 is 11.7 Å². The van der Waals surface area contributed by atoms with Crippen molar-refractivity contribution in [3.63, 3.8) is 0 Å². The average Bonchev–Trinajstić information content (AvgIpc) is 2.91. The molecule has 0 bridgehead atoms. The molecule has 0 aliphatic carbocycles. The molecule has 0 aliphatic heterocycles. The van der Waals surface area contributed by atoms with Gasteiger partial charge in [0.25, 0.3) is 5.56 Å². The summed E-state index contributed by atoms with van der Waals surface area (Å²) in [6.45, 7) is 2.62. The topological polar surface area (TPSA) is 113 Å². The minimum Gasteiger partial charge on any atom is -0.309 e. The number of nitrogens with zero attached hydrogens (tertiary/aromatic N) is 4. The van der Waals surface area contributed by atoms with Crippen LogP contribution in [0, 0.1) is 11.3 Å². The molecule has 8 nitrogen and oxygen atoms in total. The number of carbonyl (C=O) groups is 1. The number of carbonyl (C=O) groups excluding carboxylic acids is 1. The van der Waals surface area contributed by atoms with Crippen LogP contribution in [0.25, 0.3) is 11.3 Å². The van der Waals surface area contributed by atoms with Gasteiger partial charge in [-0.05, 0) is 41.3 Å². The Bertz CT molecular complexity index is 1420. The number of aromatic nitrogens is 3. The number of pyridine rings is 1. The lowest BCUT2D eigenvalue weighted by Crippen LogP contribution is -2.35. The van der Waals surface area contributed by atoms with Crippen molar-refractivity contribution in [3.8, 4) is 17.3 Å². The molecule has 8 heteroatoms. The van der Waals surface area contributed by atoms with Crippen LogP contribution in [0.2, 0.25) is 0 Å². The molecule has 0 saturated heterocycles. The number of nitrogens with one attached hydrogen (secondary N) is 2. The predicted octanol–water partition coefficient (Wildman–Crippen LogP) is 3.79. The van der Waals surface area contributed by atoms with Crippen LogP contribution in [-0.2, 0) is 11.8 Å². The summed E-state index contributed by atoms with van der Waals surface area (Å²) in [6, 6.07) is 23.4. The lowest BCUT2D eigenvalue weighted by molar-refractivity contribution is -0.118. The standard InChI is InChI=1S/C28H26N6O2/c1-19(21-10-8-20(15-29)9-11-21)16-31-27(22-6-4-3-5-7-22)28(36)33-25-13-12-23(17-30-25)24-14-26(35)34(2)18-32-24/h3-14,17-19,27,31H,16H2,1-2H3,(H,30,33,36)/t19-,27+/m1/s1. The highest BCUT2D eigenvalue weighted by Gasteiger charge is 2.22. The summed E-state index contributed by atoms with van der Waals surface area (Å²) < 4.78 is 1.39. The summed E-state index contributed by atoms with van der Waals surface area (Å²) in [4.78, 5) is 33.8. The average molecular weight is 479 g/mol. The second-order valence-electron chi connectivity index (χ2n) is 8.53. The van der Waals surface area contributed by atoms with E-state index in [9.17, 15) is 9.59 Å². The fraction of sp³-hybridized carbons (Fsp3) is 0.179. The molecular formula is C28H26N6O2. The first-order chi connectivity index (χ1) is 17.4. The number of anilines is 1. The Morgan fingerprint density at radius 3 is 2.42 bits per heavy atom. The van der Waals surface area contributed by atoms with Gasteiger partial charge in [-0.1, -0.05) is 49.4 Å². The van der Waals surface area contributed by atoms with E-state index in [0.29, 0.717) is 29.2 Å². The third-order valence-electron chi connectivity index (χ3n) is 5.92. The summed E-state index contributed by atoms with van der Waals surface area (Å²) in [5.41, 5.74) is 3.57. The number of amides is 1. The maximum absolute atomic E-state index is 13.3. The summed E-state index contributed by atoms with van der Waals surface area (Å²) in [5, 5.41) is 15.3. The lowest BCUT2D eigenvalue weighted by Gasteiger charge is -2.21. The third kappa shape index (κ3) is 5.90. The van der Waals surface area contributed by atoms with Crippen LogP contribution in [0.3, 0.4) is 0 Å². The minimum atomic E-state index is -0.590. The van der Waals surface area contributed by atoms with E-state index in [2.05, 4.69) is 33.6 Å². The van der Waals surface area contributed by atoms with Crippen molar-refractivity contribution < 1.29 is 4.79 Å². The van der Waals surface area contributed by atoms with Crippen molar-refractivity contribution in [2.45, 2.75) is 18.9 Å². The molecule has 4 rings (SSSR count). The fourth-order valence-electron chi connectivity index (χ4n) is 3.74. The maximum atomic E-state index is 13.3. The van der Waals surface area contributed by atoms with Crippen LogP contribution >= 0.6 is 0 Å². The molecule has 4 aromatic rings. The molecule has 0 radical (unpaired) electrons. The van der Waals surface area contributed by atoms with E-state index in [4.69, 9.17) is 5.26 Å². The van der Waals surface area contributed by atoms with Gasteiger partial charge in [-0.2, -0.15) is 5.26 Å². The second-order valence-corrected chi connectivity index (χ2v) is 8.53. The lowest BCUT2D eigenvalue weighted by atomic mass is 9.98. The molecule has 2 heterocycles. The Morgan fingerprint density at radius 2 is 1.78 bits per heavy atom. The summed E-state index contributed by atoms with van der Waals surface area (Å²) in [6.07, 6.45) is 3.04. The highest BCUT2D eigenvalue weighted by atomic mass is 16.2. The van der Waals surface area contributed by atoms with Crippen LogP contribution in [0.4, 0.5) is 5.82 Å². The molecule has 1 amide bonds. The van der Waals surface area contributed by atoms with Crippen molar-refractivity contribution in [1.29, 1.82) is 5.26 Å². The number of hydrogen-bond acceptors (Lipinski definition) is 6. The van der Waals surface area contributed by atoms with Crippen molar-refractivity contribution in [2.75, 3.05) is 11.9 Å². The van der Waals surface area contributed by atoms with Gasteiger partial charge in [0.2, 0.25) is 5.91 Å². The minimum absolute atomic E-state index is 0.125. The van der Waals surface area contributed by atoms with Gasteiger partial charge in [0.05, 0.1) is 23.7 Å². The zero-order valence-electron chi connectivity index (χ0n) is 20.1. The molecule has 2 aromatic carbocycles. The molecule has 0 unspecified atom stereocenters. The molecular weight excluding hydrogens is 452 g/mol. The van der Waals surface area contributed by atoms with E-state index < -0.39 is 6.04 Å². The smallest absolute Gasteiger partial charge is 0.253 e. The van der Waals surface area contributed by atoms with E-state index in [1.54, 1.807) is 37.5 Å². The van der Waals surface area contributed by atoms with Crippen LogP contribution in [0.1, 0.15) is 35.6 Å². The van der Waals surface area contributed by atoms with E-state index in [-0.39, 0.29) is 17.4 Å². The van der Waals surface area contributed by atoms with Gasteiger partial charge in [-0.3, -0.25) is 9.59 Å². The van der Waals surface area contributed by atoms with Crippen LogP contribution < -0.4 is 16.2 Å². The van der Waals surface area contributed by atoms with Crippen LogP contribution in [0.5, 0.6) is 0 Å². The highest BCUT2D eigenvalue weighted by molar-refractivity contribution is 5.94. The molecule has 0 aliphatic rings. The molecule has 36 heavy (non-hydrogen) atoms. The van der Waals surface area contributed by atoms with Gasteiger partial charge >= 0.3 is 0 Å². The van der Waals surface area contributed by atoms with Gasteiger partial charge in [-0.15, -0.1) is 0 Å². The van der Waals surface area contributed by atoms with Gasteiger partial charge in [0, 0.05) is 31.4 Å². The maximum Gasteiger partial charge on any atom is 0.253 e. The summed E-state index contributed by atoms with van der Waals surface area (Å²) >= 11 is 0. The normalized spacial score (nSPS) is 12.4. The fourth-order valence-corrected chi connectivity index (χ4v) is 3.74. The first kappa shape index (κ1) is 24.5. The van der Waals surface area contributed by atoms with Crippen molar-refractivity contribution in [1.82, 2.24) is 19.9 Å². The van der Waals surface area contributed by atoms with Crippen molar-refractivity contribution in [3.05, 3.63) is 112 Å². The SMILES string of the molecule is C[C@H](CN[C@H](C(=O)Nc1ccc(-c2cc(=O)n(C)cn2)cn1)c1ccccc1)c1ccc(C#N)cc1. The second kappa shape index (κ2) is 11.2. The van der Waals surface area contributed by atoms with E-state index >= 15 is 0 Å². The Balaban J connectivity index is 1.47. The molecule has 2 aromatic heterocycles. The highest BCUT2D eigenvalue weighted by Crippen LogP contribution is 2.21. The summed E-state index contributed by atoms with van der Waals surface area (Å²) in [5.74, 6) is 0.288. The van der Waals surface area contributed by atoms with E-state index in [1.807, 2.05) is 42.5 Å². The molecule has 0 fully saturated rings. The Morgan fingerprint density at radius 1 is 1.03 bits per heavy atom. The Labute approximate surface area is 209 Å². The van der Waals surface area contributed by atoms with Gasteiger partial charge in [-0.25, -0.2) is 9.97 Å². The third-order valence-corrected chi connectivity index (χ3v) is 5.92. The first-order valence-corrected chi connectivity index (χ1v) is 11.5. The summed E-state index contributed by atoms with van der Waals surface area (Å²) in [7, 11) is 1.64. The zero-order valence-corrected chi connectivity index (χ0v) is 20.1. The van der Waals surface area contributed by atoms with E-state index in [0.717, 1.165) is 11.1 Å². The number of hydrogen-bond donors (Lipinski definition) is 2. The Hall–Kier alpha value is -4.61. The number of rotatable bonds is 8. The Kier molecular flexibility index (Phi) is 7.63. The number of aryl methyl sites for hydroxylation is 1. The van der Waals surface area contributed by atoms with Gasteiger partial charge < -0.3 is 15.2 Å². The monoisotopic (exact) mass is 478 g/mol. The van der Waals surface area contributed by atoms with Gasteiger partial charge in [0.1, 0.15) is 11.9 Å². The molecule has 2 atom stereocenters. The zero-order chi connectivity index (χ0) is 25.5. The van der Waals surface area contributed by atoms with Crippen LogP contribution in [0.15, 0.2) is 90.1 Å². The quantitative estimate of drug-likeness (QED) is 0.398. The van der Waals surface area contributed by atoms with Crippen LogP contribution in [-0.4, -0.2) is 27.0 Å². The predicted molar refractivity (Wildman–Crippen MR) is 138 cm³/mol. The number of benzene rings is 2. The molecule has 0 saturated carbocycles. The van der Waals surface area contributed by atoms with E-state index in [1.165, 1.54) is 17.0 Å². The number of nitriles is 1.